The SMILES string of the molecule is CCOc1cc(-c2nc3sc4c(c3c(=O)[nH]2)CCCC4)cc(Cl)c1OCCOc1ccc(C(C)CC)cc1. The second-order valence-electron chi connectivity index (χ2n) is 9.60. The number of aryl methyl sites for hydroxylation is 2. The Kier molecular flexibility index (Phi) is 8.24. The zero-order valence-electron chi connectivity index (χ0n) is 22.1. The molecule has 6 nitrogen and oxygen atoms in total. The summed E-state index contributed by atoms with van der Waals surface area (Å²) in [6.45, 7) is 7.41. The van der Waals surface area contributed by atoms with Crippen molar-refractivity contribution in [1.29, 1.82) is 0 Å². The van der Waals surface area contributed by atoms with Gasteiger partial charge in [0.15, 0.2) is 11.5 Å². The van der Waals surface area contributed by atoms with E-state index in [0.29, 0.717) is 53.6 Å². The molecule has 200 valence electrons. The third kappa shape index (κ3) is 5.54. The van der Waals surface area contributed by atoms with Gasteiger partial charge in [-0.05, 0) is 80.3 Å². The predicted molar refractivity (Wildman–Crippen MR) is 155 cm³/mol. The van der Waals surface area contributed by atoms with Crippen LogP contribution in [0.5, 0.6) is 17.2 Å². The third-order valence-corrected chi connectivity index (χ3v) is 8.53. The zero-order chi connectivity index (χ0) is 26.6. The normalized spacial score (nSPS) is 13.8. The number of benzene rings is 2. The summed E-state index contributed by atoms with van der Waals surface area (Å²) < 4.78 is 17.7. The molecular weight excluding hydrogens is 520 g/mol. The molecular formula is C30H33ClN2O4S. The molecule has 0 spiro atoms. The Labute approximate surface area is 231 Å². The van der Waals surface area contributed by atoms with Crippen molar-refractivity contribution < 1.29 is 14.2 Å². The van der Waals surface area contributed by atoms with Crippen LogP contribution in [-0.4, -0.2) is 29.8 Å². The van der Waals surface area contributed by atoms with Crippen LogP contribution in [0.1, 0.15) is 62.0 Å². The number of nitrogens with zero attached hydrogens (tertiary/aromatic N) is 1. The molecule has 2 aromatic heterocycles. The van der Waals surface area contributed by atoms with E-state index in [2.05, 4.69) is 31.0 Å². The summed E-state index contributed by atoms with van der Waals surface area (Å²) in [5, 5.41) is 1.12. The molecule has 2 aromatic carbocycles. The van der Waals surface area contributed by atoms with Crippen LogP contribution in [0, 0.1) is 0 Å². The number of H-pyrrole nitrogens is 1. The van der Waals surface area contributed by atoms with Gasteiger partial charge in [-0.25, -0.2) is 4.98 Å². The molecule has 38 heavy (non-hydrogen) atoms. The Morgan fingerprint density at radius 1 is 1.05 bits per heavy atom. The number of rotatable bonds is 10. The summed E-state index contributed by atoms with van der Waals surface area (Å²) in [6.07, 6.45) is 5.34. The molecule has 0 fully saturated rings. The van der Waals surface area contributed by atoms with Crippen molar-refractivity contribution in [3.63, 3.8) is 0 Å². The minimum atomic E-state index is -0.104. The highest BCUT2D eigenvalue weighted by atomic mass is 35.5. The van der Waals surface area contributed by atoms with Crippen molar-refractivity contribution in [3.05, 3.63) is 67.8 Å². The van der Waals surface area contributed by atoms with Gasteiger partial charge in [-0.15, -0.1) is 11.3 Å². The van der Waals surface area contributed by atoms with E-state index in [9.17, 15) is 4.79 Å². The van der Waals surface area contributed by atoms with Crippen LogP contribution in [0.25, 0.3) is 21.6 Å². The lowest BCUT2D eigenvalue weighted by Crippen LogP contribution is -2.12. The number of fused-ring (bicyclic) bond motifs is 3. The zero-order valence-corrected chi connectivity index (χ0v) is 23.6. The Morgan fingerprint density at radius 2 is 1.82 bits per heavy atom. The van der Waals surface area contributed by atoms with E-state index in [-0.39, 0.29) is 5.56 Å². The molecule has 0 saturated heterocycles. The van der Waals surface area contributed by atoms with E-state index < -0.39 is 0 Å². The van der Waals surface area contributed by atoms with E-state index in [0.717, 1.165) is 48.1 Å². The number of hydrogen-bond acceptors (Lipinski definition) is 6. The third-order valence-electron chi connectivity index (χ3n) is 7.07. The van der Waals surface area contributed by atoms with Crippen LogP contribution in [0.15, 0.2) is 41.2 Å². The first-order valence-corrected chi connectivity index (χ1v) is 14.5. The number of halogens is 1. The van der Waals surface area contributed by atoms with E-state index in [1.807, 2.05) is 25.1 Å². The molecule has 0 saturated carbocycles. The maximum absolute atomic E-state index is 13.0. The second-order valence-corrected chi connectivity index (χ2v) is 11.1. The highest BCUT2D eigenvalue weighted by Crippen LogP contribution is 2.40. The van der Waals surface area contributed by atoms with E-state index in [4.69, 9.17) is 30.8 Å². The Morgan fingerprint density at radius 3 is 2.58 bits per heavy atom. The van der Waals surface area contributed by atoms with Crippen LogP contribution in [0.4, 0.5) is 0 Å². The van der Waals surface area contributed by atoms with Crippen molar-refractivity contribution >= 4 is 33.2 Å². The first-order chi connectivity index (χ1) is 18.5. The number of ether oxygens (including phenoxy) is 3. The van der Waals surface area contributed by atoms with E-state index >= 15 is 0 Å². The second kappa shape index (κ2) is 11.8. The van der Waals surface area contributed by atoms with Gasteiger partial charge < -0.3 is 19.2 Å². The monoisotopic (exact) mass is 552 g/mol. The van der Waals surface area contributed by atoms with Gasteiger partial charge >= 0.3 is 0 Å². The minimum absolute atomic E-state index is 0.104. The van der Waals surface area contributed by atoms with Crippen LogP contribution >= 0.6 is 22.9 Å². The summed E-state index contributed by atoms with van der Waals surface area (Å²) in [5.41, 5.74) is 3.04. The van der Waals surface area contributed by atoms with Gasteiger partial charge in [0.2, 0.25) is 0 Å². The Hall–Kier alpha value is -3.03. The van der Waals surface area contributed by atoms with Gasteiger partial charge in [-0.3, -0.25) is 4.79 Å². The van der Waals surface area contributed by atoms with E-state index in [1.165, 1.54) is 16.0 Å². The minimum Gasteiger partial charge on any atom is -0.490 e. The van der Waals surface area contributed by atoms with Crippen molar-refractivity contribution in [2.75, 3.05) is 19.8 Å². The molecule has 0 bridgehead atoms. The number of thiophene rings is 1. The molecule has 1 unspecified atom stereocenters. The Balaban J connectivity index is 1.32. The lowest BCUT2D eigenvalue weighted by molar-refractivity contribution is 0.208. The first kappa shape index (κ1) is 26.6. The maximum atomic E-state index is 13.0. The molecule has 0 aliphatic heterocycles. The molecule has 2 heterocycles. The number of aromatic amines is 1. The van der Waals surface area contributed by atoms with Gasteiger partial charge in [0.25, 0.3) is 5.56 Å². The lowest BCUT2D eigenvalue weighted by Gasteiger charge is -2.16. The van der Waals surface area contributed by atoms with Gasteiger partial charge in [0.1, 0.15) is 29.6 Å². The van der Waals surface area contributed by atoms with Crippen molar-refractivity contribution in [2.24, 2.45) is 0 Å². The van der Waals surface area contributed by atoms with Crippen LogP contribution in [0.2, 0.25) is 5.02 Å². The van der Waals surface area contributed by atoms with Gasteiger partial charge in [0.05, 0.1) is 17.0 Å². The summed E-state index contributed by atoms with van der Waals surface area (Å²) >= 11 is 8.28. The van der Waals surface area contributed by atoms with Gasteiger partial charge in [0, 0.05) is 10.4 Å². The Bertz CT molecular complexity index is 1480. The standard InChI is InChI=1S/C30H33ClN2O4S/c1-4-18(3)19-10-12-21(13-11-19)36-14-15-37-27-23(31)16-20(17-24(27)35-5-2)28-32-29(34)26-22-8-6-7-9-25(22)38-30(26)33-28/h10-13,16-18H,4-9,14-15H2,1-3H3,(H,32,33,34). The molecule has 5 rings (SSSR count). The number of hydrogen-bond donors (Lipinski definition) is 1. The van der Waals surface area contributed by atoms with Crippen LogP contribution in [0.3, 0.4) is 0 Å². The fraction of sp³-hybridized carbons (Fsp3) is 0.400. The number of aromatic nitrogens is 2. The molecule has 0 amide bonds. The van der Waals surface area contributed by atoms with Crippen molar-refractivity contribution in [1.82, 2.24) is 9.97 Å². The average molecular weight is 553 g/mol. The predicted octanol–water partition coefficient (Wildman–Crippen LogP) is 7.55. The van der Waals surface area contributed by atoms with Crippen LogP contribution in [-0.2, 0) is 12.8 Å². The smallest absolute Gasteiger partial charge is 0.260 e. The molecule has 4 aromatic rings. The summed E-state index contributed by atoms with van der Waals surface area (Å²) in [6, 6.07) is 11.8. The topological polar surface area (TPSA) is 73.4 Å². The quantitative estimate of drug-likeness (QED) is 0.206. The van der Waals surface area contributed by atoms with Crippen molar-refractivity contribution in [2.45, 2.75) is 58.8 Å². The van der Waals surface area contributed by atoms with E-state index in [1.54, 1.807) is 17.4 Å². The average Bonchev–Trinajstić information content (AvgIpc) is 3.31. The summed E-state index contributed by atoms with van der Waals surface area (Å²) in [4.78, 5) is 22.9. The fourth-order valence-electron chi connectivity index (χ4n) is 4.84. The van der Waals surface area contributed by atoms with Crippen LogP contribution < -0.4 is 19.8 Å². The highest BCUT2D eigenvalue weighted by Gasteiger charge is 2.21. The first-order valence-electron chi connectivity index (χ1n) is 13.3. The number of nitrogens with one attached hydrogen (secondary N) is 1. The summed E-state index contributed by atoms with van der Waals surface area (Å²) in [5.74, 6) is 2.75. The molecule has 0 radical (unpaired) electrons. The molecule has 8 heteroatoms. The largest absolute Gasteiger partial charge is 0.490 e. The van der Waals surface area contributed by atoms with Gasteiger partial charge in [-0.1, -0.05) is 37.6 Å². The molecule has 1 aliphatic carbocycles. The van der Waals surface area contributed by atoms with Crippen molar-refractivity contribution in [3.8, 4) is 28.6 Å². The lowest BCUT2D eigenvalue weighted by atomic mass is 9.97. The van der Waals surface area contributed by atoms with Gasteiger partial charge in [-0.2, -0.15) is 0 Å². The maximum Gasteiger partial charge on any atom is 0.260 e. The molecule has 1 N–H and O–H groups in total. The molecule has 1 aliphatic rings. The fourth-order valence-corrected chi connectivity index (χ4v) is 6.37. The summed E-state index contributed by atoms with van der Waals surface area (Å²) in [7, 11) is 0. The molecule has 1 atom stereocenters. The highest BCUT2D eigenvalue weighted by molar-refractivity contribution is 7.18.